The van der Waals surface area contributed by atoms with E-state index < -0.39 is 75.1 Å². The minimum Gasteiger partial charge on any atom is -0.455 e. The number of para-hydroxylation sites is 1. The second kappa shape index (κ2) is 10.2. The Hall–Kier alpha value is -2.35. The molecule has 0 unspecified atom stereocenters. The number of fused-ring (bicyclic) bond motifs is 3. The van der Waals surface area contributed by atoms with Gasteiger partial charge in [0.05, 0.1) is 22.7 Å². The SMILES string of the molecule is C=C[C@@]1(C)CC(=O)[C@]2(O)[C@@]3(C)[C@@H](O)CCC(C)(C)[C@@H]3[C@@H](O)[C@H](OC(=O)CNSc3ccccc3[N+](=O)[O-])[C@@]2(C)O1. The summed E-state index contributed by atoms with van der Waals surface area (Å²) in [7, 11) is 0. The summed E-state index contributed by atoms with van der Waals surface area (Å²) in [4.78, 5) is 38.1. The zero-order valence-electron chi connectivity index (χ0n) is 23.4. The summed E-state index contributed by atoms with van der Waals surface area (Å²) >= 11 is 0.873. The minimum atomic E-state index is -2.32. The highest BCUT2D eigenvalue weighted by molar-refractivity contribution is 7.97. The molecular formula is C28H38N2O9S. The number of Topliss-reactive ketones (excluding diaryl/α,β-unsaturated/α-hetero) is 1. The highest BCUT2D eigenvalue weighted by atomic mass is 32.2. The molecule has 1 aliphatic heterocycles. The number of nitrogens with one attached hydrogen (secondary N) is 1. The third kappa shape index (κ3) is 4.40. The van der Waals surface area contributed by atoms with Crippen LogP contribution in [0.25, 0.3) is 0 Å². The smallest absolute Gasteiger partial charge is 0.321 e. The first-order chi connectivity index (χ1) is 18.5. The number of nitro benzene ring substituents is 1. The second-order valence-corrected chi connectivity index (χ2v) is 13.3. The lowest BCUT2D eigenvalue weighted by Crippen LogP contribution is -2.86. The predicted molar refractivity (Wildman–Crippen MR) is 146 cm³/mol. The van der Waals surface area contributed by atoms with Gasteiger partial charge < -0.3 is 24.8 Å². The van der Waals surface area contributed by atoms with Crippen molar-refractivity contribution in [3.05, 3.63) is 47.0 Å². The maximum atomic E-state index is 13.9. The van der Waals surface area contributed by atoms with E-state index in [-0.39, 0.29) is 17.0 Å². The van der Waals surface area contributed by atoms with Gasteiger partial charge in [-0.3, -0.25) is 19.7 Å². The molecule has 1 saturated heterocycles. The van der Waals surface area contributed by atoms with Crippen LogP contribution in [0.1, 0.15) is 53.9 Å². The number of ketones is 1. The van der Waals surface area contributed by atoms with E-state index in [1.807, 2.05) is 13.8 Å². The van der Waals surface area contributed by atoms with Crippen LogP contribution in [0.15, 0.2) is 41.8 Å². The predicted octanol–water partition coefficient (Wildman–Crippen LogP) is 2.71. The average molecular weight is 579 g/mol. The zero-order valence-corrected chi connectivity index (χ0v) is 24.2. The summed E-state index contributed by atoms with van der Waals surface area (Å²) in [5.74, 6) is -2.26. The molecule has 0 radical (unpaired) electrons. The summed E-state index contributed by atoms with van der Waals surface area (Å²) in [5.41, 5.74) is -7.81. The maximum Gasteiger partial charge on any atom is 0.321 e. The summed E-state index contributed by atoms with van der Waals surface area (Å²) < 4.78 is 14.9. The van der Waals surface area contributed by atoms with Crippen LogP contribution in [-0.4, -0.2) is 73.7 Å². The number of aliphatic hydroxyl groups excluding tert-OH is 2. The van der Waals surface area contributed by atoms with Crippen molar-refractivity contribution in [3.63, 3.8) is 0 Å². The Morgan fingerprint density at radius 3 is 2.55 bits per heavy atom. The number of ether oxygens (including phenoxy) is 2. The van der Waals surface area contributed by atoms with Crippen LogP contribution in [0, 0.1) is 26.9 Å². The third-order valence-corrected chi connectivity index (χ3v) is 10.3. The second-order valence-electron chi connectivity index (χ2n) is 12.4. The number of nitro groups is 1. The van der Waals surface area contributed by atoms with E-state index in [1.54, 1.807) is 19.9 Å². The lowest BCUT2D eigenvalue weighted by atomic mass is 9.40. The van der Waals surface area contributed by atoms with Gasteiger partial charge in [0.2, 0.25) is 0 Å². The summed E-state index contributed by atoms with van der Waals surface area (Å²) in [6.07, 6.45) is -2.02. The van der Waals surface area contributed by atoms with E-state index in [4.69, 9.17) is 9.47 Å². The fourth-order valence-electron chi connectivity index (χ4n) is 7.53. The molecule has 40 heavy (non-hydrogen) atoms. The minimum absolute atomic E-state index is 0.135. The zero-order chi connectivity index (χ0) is 29.9. The van der Waals surface area contributed by atoms with Crippen molar-refractivity contribution in [1.29, 1.82) is 0 Å². The van der Waals surface area contributed by atoms with Crippen LogP contribution in [0.2, 0.25) is 0 Å². The quantitative estimate of drug-likeness (QED) is 0.123. The molecular weight excluding hydrogens is 540 g/mol. The molecule has 0 spiro atoms. The molecule has 220 valence electrons. The van der Waals surface area contributed by atoms with Crippen LogP contribution >= 0.6 is 11.9 Å². The lowest BCUT2D eigenvalue weighted by Gasteiger charge is -2.71. The van der Waals surface area contributed by atoms with Crippen LogP contribution in [0.4, 0.5) is 5.69 Å². The Labute approximate surface area is 237 Å². The van der Waals surface area contributed by atoms with E-state index in [2.05, 4.69) is 11.3 Å². The van der Waals surface area contributed by atoms with E-state index >= 15 is 0 Å². The number of aliphatic hydroxyl groups is 3. The van der Waals surface area contributed by atoms with Crippen molar-refractivity contribution in [2.45, 2.75) is 93.9 Å². The number of carbonyl (C=O) groups excluding carboxylic acids is 2. The first kappa shape index (κ1) is 30.6. The van der Waals surface area contributed by atoms with Gasteiger partial charge >= 0.3 is 5.97 Å². The molecule has 12 heteroatoms. The summed E-state index contributed by atoms with van der Waals surface area (Å²) in [5, 5.41) is 46.9. The molecule has 4 N–H and O–H groups in total. The molecule has 0 amide bonds. The molecule has 8 atom stereocenters. The van der Waals surface area contributed by atoms with Crippen molar-refractivity contribution in [3.8, 4) is 0 Å². The Bertz CT molecular complexity index is 1230. The Morgan fingerprint density at radius 1 is 1.27 bits per heavy atom. The molecule has 2 aliphatic carbocycles. The maximum absolute atomic E-state index is 13.9. The van der Waals surface area contributed by atoms with E-state index in [9.17, 15) is 35.0 Å². The Kier molecular flexibility index (Phi) is 7.79. The molecule has 3 fully saturated rings. The lowest BCUT2D eigenvalue weighted by molar-refractivity contribution is -0.387. The molecule has 1 aromatic rings. The number of hydrogen-bond donors (Lipinski definition) is 4. The van der Waals surface area contributed by atoms with Gasteiger partial charge in [0.15, 0.2) is 17.5 Å². The van der Waals surface area contributed by atoms with Gasteiger partial charge in [0, 0.05) is 23.8 Å². The molecule has 4 rings (SSSR count). The standard InChI is InChI=1S/C28H38N2O9S/c1-7-25(4)14-19(32)28(35)26(5)18(31)12-13-24(2,3)22(26)21(34)23(27(28,6)39-25)38-20(33)15-29-40-17-11-9-8-10-16(17)30(36)37/h7-11,18,21-23,29,31,34-35H,1,12-15H2,2-6H3/t18-,21+,22-,23-,25-,26-,27+,28-/m0/s1. The van der Waals surface area contributed by atoms with Crippen LogP contribution < -0.4 is 4.72 Å². The number of nitrogens with zero attached hydrogens (tertiary/aromatic N) is 1. The van der Waals surface area contributed by atoms with Gasteiger partial charge in [-0.15, -0.1) is 6.58 Å². The van der Waals surface area contributed by atoms with Gasteiger partial charge in [-0.05, 0) is 50.1 Å². The van der Waals surface area contributed by atoms with E-state index in [0.717, 1.165) is 11.9 Å². The van der Waals surface area contributed by atoms with Gasteiger partial charge in [-0.1, -0.05) is 39.0 Å². The van der Waals surface area contributed by atoms with E-state index in [0.29, 0.717) is 12.8 Å². The molecule has 1 aromatic carbocycles. The first-order valence-corrected chi connectivity index (χ1v) is 14.1. The molecule has 0 aromatic heterocycles. The molecule has 11 nitrogen and oxygen atoms in total. The van der Waals surface area contributed by atoms with Gasteiger partial charge in [0.1, 0.15) is 17.0 Å². The number of esters is 1. The summed E-state index contributed by atoms with van der Waals surface area (Å²) in [6, 6.07) is 6.03. The average Bonchev–Trinajstić information content (AvgIpc) is 2.87. The molecule has 3 aliphatic rings. The van der Waals surface area contributed by atoms with Crippen molar-refractivity contribution in [2.24, 2.45) is 16.7 Å². The van der Waals surface area contributed by atoms with Crippen molar-refractivity contribution < 1.29 is 39.3 Å². The fourth-order valence-corrected chi connectivity index (χ4v) is 8.27. The van der Waals surface area contributed by atoms with Gasteiger partial charge in [0.25, 0.3) is 5.69 Å². The van der Waals surface area contributed by atoms with Crippen molar-refractivity contribution >= 4 is 29.4 Å². The summed E-state index contributed by atoms with van der Waals surface area (Å²) in [6.45, 7) is 11.8. The normalized spacial score (nSPS) is 40.5. The Balaban J connectivity index is 1.69. The molecule has 0 bridgehead atoms. The van der Waals surface area contributed by atoms with Crippen molar-refractivity contribution in [1.82, 2.24) is 4.72 Å². The number of rotatable bonds is 7. The highest BCUT2D eigenvalue weighted by Crippen LogP contribution is 2.67. The highest BCUT2D eigenvalue weighted by Gasteiger charge is 2.81. The number of carbonyl (C=O) groups is 2. The number of benzene rings is 1. The topological polar surface area (TPSA) is 168 Å². The van der Waals surface area contributed by atoms with Gasteiger partial charge in [-0.2, -0.15) is 0 Å². The largest absolute Gasteiger partial charge is 0.455 e. The van der Waals surface area contributed by atoms with E-state index in [1.165, 1.54) is 31.2 Å². The molecule has 1 heterocycles. The fraction of sp³-hybridized carbons (Fsp3) is 0.643. The monoisotopic (exact) mass is 578 g/mol. The first-order valence-electron chi connectivity index (χ1n) is 13.3. The number of hydrogen-bond acceptors (Lipinski definition) is 11. The Morgan fingerprint density at radius 2 is 1.93 bits per heavy atom. The van der Waals surface area contributed by atoms with Crippen LogP contribution in [0.5, 0.6) is 0 Å². The van der Waals surface area contributed by atoms with Gasteiger partial charge in [-0.25, -0.2) is 4.72 Å². The van der Waals surface area contributed by atoms with Crippen LogP contribution in [-0.2, 0) is 19.1 Å². The third-order valence-electron chi connectivity index (χ3n) is 9.45. The molecule has 2 saturated carbocycles. The van der Waals surface area contributed by atoms with Crippen LogP contribution in [0.3, 0.4) is 0 Å². The van der Waals surface area contributed by atoms with Crippen molar-refractivity contribution in [2.75, 3.05) is 6.54 Å².